The molecule has 2 aromatic carbocycles. The molecular formula is C25H28O8. The number of hydrogen-bond donors (Lipinski definition) is 0. The van der Waals surface area contributed by atoms with Gasteiger partial charge in [0.1, 0.15) is 0 Å². The van der Waals surface area contributed by atoms with Crippen LogP contribution in [0.5, 0.6) is 23.0 Å². The molecule has 0 saturated heterocycles. The van der Waals surface area contributed by atoms with E-state index in [-0.39, 0.29) is 5.97 Å². The molecule has 8 nitrogen and oxygen atoms in total. The predicted molar refractivity (Wildman–Crippen MR) is 122 cm³/mol. The summed E-state index contributed by atoms with van der Waals surface area (Å²) in [6.07, 6.45) is 4.87. The van der Waals surface area contributed by atoms with Gasteiger partial charge in [0.2, 0.25) is 0 Å². The lowest BCUT2D eigenvalue weighted by molar-refractivity contribution is -0.141. The molecule has 0 N–H and O–H groups in total. The van der Waals surface area contributed by atoms with E-state index in [0.717, 1.165) is 11.1 Å². The van der Waals surface area contributed by atoms with E-state index in [4.69, 9.17) is 23.7 Å². The third kappa shape index (κ3) is 7.99. The van der Waals surface area contributed by atoms with E-state index >= 15 is 0 Å². The van der Waals surface area contributed by atoms with Crippen LogP contribution in [0.2, 0.25) is 0 Å². The zero-order valence-corrected chi connectivity index (χ0v) is 19.4. The Labute approximate surface area is 193 Å². The summed E-state index contributed by atoms with van der Waals surface area (Å²) < 4.78 is 26.3. The SMILES string of the molecule is COc1cc(C=Cc2cc(CCCOC(C)=O)cc(OC)c2OC(C)=O)ccc1OC(C)=O. The van der Waals surface area contributed by atoms with E-state index in [9.17, 15) is 14.4 Å². The minimum atomic E-state index is -0.474. The molecule has 0 spiro atoms. The normalized spacial score (nSPS) is 10.6. The van der Waals surface area contributed by atoms with Gasteiger partial charge < -0.3 is 23.7 Å². The largest absolute Gasteiger partial charge is 0.493 e. The van der Waals surface area contributed by atoms with Crippen molar-refractivity contribution in [2.75, 3.05) is 20.8 Å². The van der Waals surface area contributed by atoms with Crippen LogP contribution in [0.4, 0.5) is 0 Å². The van der Waals surface area contributed by atoms with Crippen molar-refractivity contribution in [3.8, 4) is 23.0 Å². The van der Waals surface area contributed by atoms with Crippen molar-refractivity contribution in [1.29, 1.82) is 0 Å². The highest BCUT2D eigenvalue weighted by atomic mass is 16.6. The van der Waals surface area contributed by atoms with Gasteiger partial charge in [0.05, 0.1) is 20.8 Å². The fourth-order valence-corrected chi connectivity index (χ4v) is 3.06. The Bertz CT molecular complexity index is 1040. The van der Waals surface area contributed by atoms with Crippen LogP contribution in [0.25, 0.3) is 12.2 Å². The van der Waals surface area contributed by atoms with E-state index in [0.29, 0.717) is 48.0 Å². The summed E-state index contributed by atoms with van der Waals surface area (Å²) in [5, 5.41) is 0. The molecule has 8 heteroatoms. The summed E-state index contributed by atoms with van der Waals surface area (Å²) in [6, 6.07) is 8.80. The summed E-state index contributed by atoms with van der Waals surface area (Å²) in [5.74, 6) is 0.199. The zero-order chi connectivity index (χ0) is 24.4. The van der Waals surface area contributed by atoms with Crippen LogP contribution in [-0.4, -0.2) is 38.7 Å². The number of methoxy groups -OCH3 is 2. The van der Waals surface area contributed by atoms with Crippen LogP contribution in [0.15, 0.2) is 30.3 Å². The Morgan fingerprint density at radius 2 is 1.48 bits per heavy atom. The van der Waals surface area contributed by atoms with Gasteiger partial charge in [-0.1, -0.05) is 18.2 Å². The Balaban J connectivity index is 2.37. The number of ether oxygens (including phenoxy) is 5. The number of rotatable bonds is 10. The topological polar surface area (TPSA) is 97.4 Å². The smallest absolute Gasteiger partial charge is 0.308 e. The molecule has 0 atom stereocenters. The second-order valence-electron chi connectivity index (χ2n) is 7.09. The third-order valence-corrected chi connectivity index (χ3v) is 4.42. The molecule has 0 aliphatic carbocycles. The number of aryl methyl sites for hydroxylation is 1. The Kier molecular flexibility index (Phi) is 9.47. The van der Waals surface area contributed by atoms with Gasteiger partial charge in [0, 0.05) is 26.3 Å². The monoisotopic (exact) mass is 456 g/mol. The minimum Gasteiger partial charge on any atom is -0.493 e. The molecule has 0 amide bonds. The molecule has 0 heterocycles. The number of carbonyl (C=O) groups excluding carboxylic acids is 3. The first-order valence-electron chi connectivity index (χ1n) is 10.3. The lowest BCUT2D eigenvalue weighted by atomic mass is 10.0. The maximum Gasteiger partial charge on any atom is 0.308 e. The zero-order valence-electron chi connectivity index (χ0n) is 19.4. The lowest BCUT2D eigenvalue weighted by Gasteiger charge is -2.14. The lowest BCUT2D eigenvalue weighted by Crippen LogP contribution is -2.06. The molecule has 0 radical (unpaired) electrons. The molecule has 0 unspecified atom stereocenters. The number of esters is 3. The van der Waals surface area contributed by atoms with Crippen LogP contribution < -0.4 is 18.9 Å². The van der Waals surface area contributed by atoms with Crippen LogP contribution in [-0.2, 0) is 25.5 Å². The summed E-state index contributed by atoms with van der Waals surface area (Å²) in [5.41, 5.74) is 2.34. The first-order valence-corrected chi connectivity index (χ1v) is 10.3. The van der Waals surface area contributed by atoms with Crippen molar-refractivity contribution in [3.05, 3.63) is 47.0 Å². The second kappa shape index (κ2) is 12.3. The quantitative estimate of drug-likeness (QED) is 0.227. The first-order chi connectivity index (χ1) is 15.7. The standard InChI is InChI=1S/C25H28O8/c1-16(26)31-12-6-7-20-13-21(25(33-18(3)28)24(15-20)30-5)10-8-19-9-11-22(32-17(2)27)23(14-19)29-4/h8-11,13-15H,6-7,12H2,1-5H3. The Morgan fingerprint density at radius 3 is 2.09 bits per heavy atom. The molecule has 0 aliphatic heterocycles. The van der Waals surface area contributed by atoms with Crippen molar-refractivity contribution in [1.82, 2.24) is 0 Å². The van der Waals surface area contributed by atoms with E-state index in [1.54, 1.807) is 30.3 Å². The number of hydrogen-bond acceptors (Lipinski definition) is 8. The van der Waals surface area contributed by atoms with Gasteiger partial charge in [-0.25, -0.2) is 0 Å². The maximum atomic E-state index is 11.7. The van der Waals surface area contributed by atoms with Crippen LogP contribution in [0, 0.1) is 0 Å². The minimum absolute atomic E-state index is 0.300. The van der Waals surface area contributed by atoms with Crippen molar-refractivity contribution in [2.45, 2.75) is 33.6 Å². The van der Waals surface area contributed by atoms with E-state index in [2.05, 4.69) is 0 Å². The van der Waals surface area contributed by atoms with Crippen molar-refractivity contribution < 1.29 is 38.1 Å². The maximum absolute atomic E-state index is 11.7. The first kappa shape index (κ1) is 25.5. The van der Waals surface area contributed by atoms with Gasteiger partial charge in [0.15, 0.2) is 23.0 Å². The molecule has 2 aromatic rings. The highest BCUT2D eigenvalue weighted by Gasteiger charge is 2.14. The van der Waals surface area contributed by atoms with E-state index in [1.807, 2.05) is 12.1 Å². The second-order valence-corrected chi connectivity index (χ2v) is 7.09. The molecule has 33 heavy (non-hydrogen) atoms. The number of carbonyl (C=O) groups is 3. The van der Waals surface area contributed by atoms with Crippen LogP contribution in [0.3, 0.4) is 0 Å². The van der Waals surface area contributed by atoms with Gasteiger partial charge in [-0.3, -0.25) is 14.4 Å². The summed E-state index contributed by atoms with van der Waals surface area (Å²) in [6.45, 7) is 4.31. The highest BCUT2D eigenvalue weighted by Crippen LogP contribution is 2.35. The van der Waals surface area contributed by atoms with Crippen molar-refractivity contribution in [3.63, 3.8) is 0 Å². The molecule has 0 fully saturated rings. The van der Waals surface area contributed by atoms with Crippen LogP contribution in [0.1, 0.15) is 43.9 Å². The third-order valence-electron chi connectivity index (χ3n) is 4.42. The number of benzene rings is 2. The van der Waals surface area contributed by atoms with Gasteiger partial charge in [-0.05, 0) is 48.2 Å². The molecule has 0 saturated carbocycles. The fourth-order valence-electron chi connectivity index (χ4n) is 3.06. The summed E-state index contributed by atoms with van der Waals surface area (Å²) >= 11 is 0. The fraction of sp³-hybridized carbons (Fsp3) is 0.320. The van der Waals surface area contributed by atoms with Gasteiger partial charge in [-0.2, -0.15) is 0 Å². The summed E-state index contributed by atoms with van der Waals surface area (Å²) in [4.78, 5) is 33.9. The average molecular weight is 456 g/mol. The molecular weight excluding hydrogens is 428 g/mol. The van der Waals surface area contributed by atoms with Gasteiger partial charge >= 0.3 is 17.9 Å². The van der Waals surface area contributed by atoms with Gasteiger partial charge in [-0.15, -0.1) is 0 Å². The van der Waals surface area contributed by atoms with E-state index in [1.165, 1.54) is 35.0 Å². The molecule has 0 aromatic heterocycles. The predicted octanol–water partition coefficient (Wildman–Crippen LogP) is 4.22. The Morgan fingerprint density at radius 1 is 0.788 bits per heavy atom. The average Bonchev–Trinajstić information content (AvgIpc) is 2.76. The molecule has 176 valence electrons. The van der Waals surface area contributed by atoms with E-state index < -0.39 is 11.9 Å². The van der Waals surface area contributed by atoms with Crippen molar-refractivity contribution >= 4 is 30.1 Å². The molecule has 0 bridgehead atoms. The van der Waals surface area contributed by atoms with Crippen molar-refractivity contribution in [2.24, 2.45) is 0 Å². The Hall–Kier alpha value is -3.81. The van der Waals surface area contributed by atoms with Crippen LogP contribution >= 0.6 is 0 Å². The highest BCUT2D eigenvalue weighted by molar-refractivity contribution is 5.79. The molecule has 0 aliphatic rings. The molecule has 2 rings (SSSR count). The van der Waals surface area contributed by atoms with Gasteiger partial charge in [0.25, 0.3) is 0 Å². The summed E-state index contributed by atoms with van der Waals surface area (Å²) in [7, 11) is 2.98.